The molecule has 0 aliphatic carbocycles. The van der Waals surface area contributed by atoms with Crippen LogP contribution in [0.15, 0.2) is 42.5 Å². The molecule has 1 N–H and O–H groups in total. The van der Waals surface area contributed by atoms with Crippen molar-refractivity contribution in [1.82, 2.24) is 5.32 Å². The van der Waals surface area contributed by atoms with Gasteiger partial charge in [0.25, 0.3) is 5.91 Å². The Balaban J connectivity index is 1.88. The first kappa shape index (κ1) is 19.6. The van der Waals surface area contributed by atoms with Crippen LogP contribution in [0.2, 0.25) is 0 Å². The van der Waals surface area contributed by atoms with Gasteiger partial charge in [-0.2, -0.15) is 0 Å². The van der Waals surface area contributed by atoms with Crippen molar-refractivity contribution in [2.24, 2.45) is 0 Å². The summed E-state index contributed by atoms with van der Waals surface area (Å²) in [6, 6.07) is 13.5. The lowest BCUT2D eigenvalue weighted by Crippen LogP contribution is -2.38. The van der Waals surface area contributed by atoms with Crippen LogP contribution in [0.4, 0.5) is 0 Å². The third kappa shape index (κ3) is 5.41. The van der Waals surface area contributed by atoms with Crippen molar-refractivity contribution in [3.63, 3.8) is 0 Å². The third-order valence-corrected chi connectivity index (χ3v) is 4.09. The molecule has 0 aromatic heterocycles. The second-order valence-electron chi connectivity index (χ2n) is 6.06. The van der Waals surface area contributed by atoms with Gasteiger partial charge in [0.15, 0.2) is 17.6 Å². The molecule has 2 aromatic carbocycles. The van der Waals surface area contributed by atoms with Crippen molar-refractivity contribution < 1.29 is 19.0 Å². The van der Waals surface area contributed by atoms with Gasteiger partial charge in [0.1, 0.15) is 5.75 Å². The monoisotopic (exact) mass is 357 g/mol. The Morgan fingerprint density at radius 3 is 2.50 bits per heavy atom. The van der Waals surface area contributed by atoms with Crippen LogP contribution in [0.5, 0.6) is 17.2 Å². The normalized spacial score (nSPS) is 11.5. The van der Waals surface area contributed by atoms with Gasteiger partial charge < -0.3 is 19.5 Å². The number of nitrogens with one attached hydrogen (secondary N) is 1. The molecule has 0 saturated heterocycles. The lowest BCUT2D eigenvalue weighted by Gasteiger charge is -2.17. The molecule has 2 rings (SSSR count). The summed E-state index contributed by atoms with van der Waals surface area (Å²) in [7, 11) is 3.22. The van der Waals surface area contributed by atoms with Crippen LogP contribution in [0.1, 0.15) is 24.5 Å². The predicted molar refractivity (Wildman–Crippen MR) is 102 cm³/mol. The molecule has 2 aromatic rings. The van der Waals surface area contributed by atoms with Gasteiger partial charge in [-0.3, -0.25) is 4.79 Å². The molecule has 140 valence electrons. The molecule has 0 fully saturated rings. The summed E-state index contributed by atoms with van der Waals surface area (Å²) in [6.45, 7) is 4.47. The Labute approximate surface area is 155 Å². The number of rotatable bonds is 9. The predicted octanol–water partition coefficient (Wildman–Crippen LogP) is 3.53. The molecule has 0 radical (unpaired) electrons. The highest BCUT2D eigenvalue weighted by Crippen LogP contribution is 2.27. The molecule has 26 heavy (non-hydrogen) atoms. The molecule has 0 unspecified atom stereocenters. The van der Waals surface area contributed by atoms with Crippen LogP contribution in [0.25, 0.3) is 0 Å². The first-order chi connectivity index (χ1) is 12.6. The van der Waals surface area contributed by atoms with Crippen LogP contribution < -0.4 is 19.5 Å². The second kappa shape index (κ2) is 9.70. The third-order valence-electron chi connectivity index (χ3n) is 4.09. The van der Waals surface area contributed by atoms with Crippen molar-refractivity contribution in [2.45, 2.75) is 32.8 Å². The van der Waals surface area contributed by atoms with Crippen LogP contribution in [-0.4, -0.2) is 32.8 Å². The number of methoxy groups -OCH3 is 2. The molecule has 0 spiro atoms. The molecule has 1 amide bonds. The molecule has 5 nitrogen and oxygen atoms in total. The molecule has 5 heteroatoms. The van der Waals surface area contributed by atoms with Crippen molar-refractivity contribution >= 4 is 5.91 Å². The van der Waals surface area contributed by atoms with Gasteiger partial charge in [-0.25, -0.2) is 0 Å². The van der Waals surface area contributed by atoms with Crippen LogP contribution in [-0.2, 0) is 11.2 Å². The van der Waals surface area contributed by atoms with Gasteiger partial charge in [0.05, 0.1) is 14.2 Å². The van der Waals surface area contributed by atoms with E-state index >= 15 is 0 Å². The first-order valence-electron chi connectivity index (χ1n) is 8.79. The van der Waals surface area contributed by atoms with Crippen LogP contribution in [0.3, 0.4) is 0 Å². The summed E-state index contributed by atoms with van der Waals surface area (Å²) >= 11 is 0. The van der Waals surface area contributed by atoms with Crippen molar-refractivity contribution in [2.75, 3.05) is 20.8 Å². The topological polar surface area (TPSA) is 56.8 Å². The van der Waals surface area contributed by atoms with E-state index in [2.05, 4.69) is 5.32 Å². The minimum atomic E-state index is -0.498. The largest absolute Gasteiger partial charge is 0.493 e. The van der Waals surface area contributed by atoms with E-state index in [1.54, 1.807) is 14.2 Å². The summed E-state index contributed by atoms with van der Waals surface area (Å²) in [5.74, 6) is 1.99. The average molecular weight is 357 g/mol. The van der Waals surface area contributed by atoms with E-state index in [1.807, 2.05) is 56.3 Å². The van der Waals surface area contributed by atoms with E-state index in [-0.39, 0.29) is 5.91 Å². The number of hydrogen-bond donors (Lipinski definition) is 1. The molecule has 0 heterocycles. The van der Waals surface area contributed by atoms with Crippen molar-refractivity contribution in [3.05, 3.63) is 53.6 Å². The lowest BCUT2D eigenvalue weighted by molar-refractivity contribution is -0.128. The standard InChI is InChI=1S/C21H27NO4/c1-5-18(26-17-8-6-7-15(2)13-17)21(23)22-12-11-16-9-10-19(24-3)20(14-16)25-4/h6-10,13-14,18H,5,11-12H2,1-4H3,(H,22,23)/t18-/m0/s1. The quantitative estimate of drug-likeness (QED) is 0.746. The molecule has 0 bridgehead atoms. The lowest BCUT2D eigenvalue weighted by atomic mass is 10.1. The highest BCUT2D eigenvalue weighted by Gasteiger charge is 2.18. The Bertz CT molecular complexity index is 730. The Kier molecular flexibility index (Phi) is 7.33. The number of benzene rings is 2. The zero-order chi connectivity index (χ0) is 18.9. The van der Waals surface area contributed by atoms with Gasteiger partial charge in [-0.15, -0.1) is 0 Å². The fourth-order valence-electron chi connectivity index (χ4n) is 2.66. The number of carbonyl (C=O) groups excluding carboxylic acids is 1. The highest BCUT2D eigenvalue weighted by atomic mass is 16.5. The van der Waals surface area contributed by atoms with Crippen LogP contribution >= 0.6 is 0 Å². The van der Waals surface area contributed by atoms with E-state index in [1.165, 1.54) is 0 Å². The molecule has 0 aliphatic heterocycles. The minimum absolute atomic E-state index is 0.102. The van der Waals surface area contributed by atoms with Gasteiger partial charge in [-0.05, 0) is 55.2 Å². The molecule has 1 atom stereocenters. The Hall–Kier alpha value is -2.69. The number of hydrogen-bond acceptors (Lipinski definition) is 4. The second-order valence-corrected chi connectivity index (χ2v) is 6.06. The van der Waals surface area contributed by atoms with E-state index in [9.17, 15) is 4.79 Å². The summed E-state index contributed by atoms with van der Waals surface area (Å²) in [5.41, 5.74) is 2.17. The van der Waals surface area contributed by atoms with E-state index < -0.39 is 6.10 Å². The first-order valence-corrected chi connectivity index (χ1v) is 8.79. The molecule has 0 saturated carbocycles. The van der Waals surface area contributed by atoms with E-state index in [4.69, 9.17) is 14.2 Å². The fourth-order valence-corrected chi connectivity index (χ4v) is 2.66. The van der Waals surface area contributed by atoms with Gasteiger partial charge in [0, 0.05) is 6.54 Å². The summed E-state index contributed by atoms with van der Waals surface area (Å²) in [6.07, 6.45) is 0.811. The SMILES string of the molecule is CC[C@H](Oc1cccc(C)c1)C(=O)NCCc1ccc(OC)c(OC)c1. The Morgan fingerprint density at radius 1 is 1.08 bits per heavy atom. The van der Waals surface area contributed by atoms with Crippen molar-refractivity contribution in [1.29, 1.82) is 0 Å². The number of carbonyl (C=O) groups is 1. The fraction of sp³-hybridized carbons (Fsp3) is 0.381. The number of amides is 1. The van der Waals surface area contributed by atoms with Gasteiger partial charge in [-0.1, -0.05) is 25.1 Å². The smallest absolute Gasteiger partial charge is 0.261 e. The molecular formula is C21H27NO4. The Morgan fingerprint density at radius 2 is 1.85 bits per heavy atom. The highest BCUT2D eigenvalue weighted by molar-refractivity contribution is 5.81. The molecule has 0 aliphatic rings. The zero-order valence-electron chi connectivity index (χ0n) is 15.9. The van der Waals surface area contributed by atoms with E-state index in [0.29, 0.717) is 36.6 Å². The van der Waals surface area contributed by atoms with Gasteiger partial charge in [0.2, 0.25) is 0 Å². The summed E-state index contributed by atoms with van der Waals surface area (Å²) in [5, 5.41) is 2.95. The average Bonchev–Trinajstić information content (AvgIpc) is 2.65. The maximum absolute atomic E-state index is 12.4. The zero-order valence-corrected chi connectivity index (χ0v) is 15.9. The van der Waals surface area contributed by atoms with E-state index in [0.717, 1.165) is 11.1 Å². The molecular weight excluding hydrogens is 330 g/mol. The van der Waals surface area contributed by atoms with Crippen LogP contribution in [0, 0.1) is 6.92 Å². The van der Waals surface area contributed by atoms with Crippen molar-refractivity contribution in [3.8, 4) is 17.2 Å². The minimum Gasteiger partial charge on any atom is -0.493 e. The number of ether oxygens (including phenoxy) is 3. The maximum Gasteiger partial charge on any atom is 0.261 e. The van der Waals surface area contributed by atoms with Gasteiger partial charge >= 0.3 is 0 Å². The summed E-state index contributed by atoms with van der Waals surface area (Å²) < 4.78 is 16.4. The maximum atomic E-state index is 12.4. The summed E-state index contributed by atoms with van der Waals surface area (Å²) in [4.78, 5) is 12.4. The number of aryl methyl sites for hydroxylation is 1.